The lowest BCUT2D eigenvalue weighted by atomic mass is 10.1. The molecular formula is C12H15N3O. The van der Waals surface area contributed by atoms with Crippen LogP contribution >= 0.6 is 0 Å². The number of aryl methyl sites for hydroxylation is 2. The van der Waals surface area contributed by atoms with Crippen molar-refractivity contribution in [1.82, 2.24) is 10.1 Å². The third-order valence-corrected chi connectivity index (χ3v) is 2.46. The first-order chi connectivity index (χ1) is 7.75. The van der Waals surface area contributed by atoms with E-state index in [9.17, 15) is 0 Å². The Labute approximate surface area is 94.7 Å². The average Bonchev–Trinajstić information content (AvgIpc) is 2.67. The summed E-state index contributed by atoms with van der Waals surface area (Å²) < 4.78 is 4.96. The highest BCUT2D eigenvalue weighted by Gasteiger charge is 2.01. The van der Waals surface area contributed by atoms with Crippen molar-refractivity contribution in [2.24, 2.45) is 0 Å². The first kappa shape index (κ1) is 10.7. The summed E-state index contributed by atoms with van der Waals surface area (Å²) in [7, 11) is 0. The zero-order valence-corrected chi connectivity index (χ0v) is 9.53. The van der Waals surface area contributed by atoms with Gasteiger partial charge in [0.15, 0.2) is 5.82 Å². The molecule has 4 heteroatoms. The van der Waals surface area contributed by atoms with Crippen molar-refractivity contribution in [2.75, 3.05) is 11.9 Å². The zero-order valence-electron chi connectivity index (χ0n) is 9.53. The molecule has 0 bridgehead atoms. The summed E-state index contributed by atoms with van der Waals surface area (Å²) in [6, 6.07) is 8.85. The minimum atomic E-state index is 0.492. The second-order valence-corrected chi connectivity index (χ2v) is 3.75. The van der Waals surface area contributed by atoms with Gasteiger partial charge in [0.25, 0.3) is 0 Å². The quantitative estimate of drug-likeness (QED) is 0.854. The lowest BCUT2D eigenvalue weighted by Gasteiger charge is -2.04. The summed E-state index contributed by atoms with van der Waals surface area (Å²) in [6.45, 7) is 4.72. The molecule has 0 aliphatic rings. The maximum atomic E-state index is 4.96. The van der Waals surface area contributed by atoms with Gasteiger partial charge in [-0.2, -0.15) is 4.98 Å². The molecule has 2 aromatic rings. The minimum Gasteiger partial charge on any atom is -0.337 e. The molecule has 16 heavy (non-hydrogen) atoms. The standard InChI is InChI=1S/C12H15N3O/c1-9-5-3-4-6-11(9)7-8-13-12-14-10(2)15-16-12/h3-6H,7-8H2,1-2H3,(H,13,14,15). The van der Waals surface area contributed by atoms with Crippen LogP contribution < -0.4 is 5.32 Å². The van der Waals surface area contributed by atoms with E-state index in [0.717, 1.165) is 13.0 Å². The van der Waals surface area contributed by atoms with Crippen LogP contribution in [0.5, 0.6) is 0 Å². The van der Waals surface area contributed by atoms with Gasteiger partial charge in [0.2, 0.25) is 0 Å². The van der Waals surface area contributed by atoms with Crippen LogP contribution in [0.4, 0.5) is 6.01 Å². The molecule has 0 atom stereocenters. The van der Waals surface area contributed by atoms with Crippen molar-refractivity contribution in [3.05, 3.63) is 41.2 Å². The number of aromatic nitrogens is 2. The molecule has 0 aliphatic heterocycles. The molecule has 0 amide bonds. The van der Waals surface area contributed by atoms with Crippen LogP contribution in [0.3, 0.4) is 0 Å². The second kappa shape index (κ2) is 4.79. The molecule has 1 aromatic carbocycles. The third-order valence-electron chi connectivity index (χ3n) is 2.46. The van der Waals surface area contributed by atoms with Gasteiger partial charge in [0.1, 0.15) is 0 Å². The number of hydrogen-bond acceptors (Lipinski definition) is 4. The molecule has 0 fully saturated rings. The highest BCUT2D eigenvalue weighted by atomic mass is 16.5. The molecule has 2 rings (SSSR count). The van der Waals surface area contributed by atoms with E-state index in [4.69, 9.17) is 4.52 Å². The van der Waals surface area contributed by atoms with Crippen LogP contribution in [0.25, 0.3) is 0 Å². The van der Waals surface area contributed by atoms with Gasteiger partial charge < -0.3 is 9.84 Å². The van der Waals surface area contributed by atoms with Crippen LogP contribution in [-0.4, -0.2) is 16.7 Å². The van der Waals surface area contributed by atoms with Gasteiger partial charge in [0, 0.05) is 6.54 Å². The van der Waals surface area contributed by atoms with Gasteiger partial charge in [-0.3, -0.25) is 0 Å². The SMILES string of the molecule is Cc1noc(NCCc2ccccc2C)n1. The largest absolute Gasteiger partial charge is 0.337 e. The minimum absolute atomic E-state index is 0.492. The van der Waals surface area contributed by atoms with E-state index in [-0.39, 0.29) is 0 Å². The van der Waals surface area contributed by atoms with E-state index in [1.165, 1.54) is 11.1 Å². The number of rotatable bonds is 4. The fraction of sp³-hybridized carbons (Fsp3) is 0.333. The highest BCUT2D eigenvalue weighted by molar-refractivity contribution is 5.27. The summed E-state index contributed by atoms with van der Waals surface area (Å²) >= 11 is 0. The van der Waals surface area contributed by atoms with E-state index >= 15 is 0 Å². The summed E-state index contributed by atoms with van der Waals surface area (Å²) in [6.07, 6.45) is 0.952. The number of nitrogens with zero attached hydrogens (tertiary/aromatic N) is 2. The van der Waals surface area contributed by atoms with Gasteiger partial charge in [-0.25, -0.2) is 0 Å². The molecule has 1 N–H and O–H groups in total. The molecule has 1 aromatic heterocycles. The Morgan fingerprint density at radius 2 is 2.06 bits per heavy atom. The van der Waals surface area contributed by atoms with Crippen molar-refractivity contribution >= 4 is 6.01 Å². The van der Waals surface area contributed by atoms with E-state index in [1.54, 1.807) is 6.92 Å². The van der Waals surface area contributed by atoms with Crippen molar-refractivity contribution in [2.45, 2.75) is 20.3 Å². The average molecular weight is 217 g/mol. The van der Waals surface area contributed by atoms with E-state index in [1.807, 2.05) is 6.07 Å². The normalized spacial score (nSPS) is 10.4. The smallest absolute Gasteiger partial charge is 0.321 e. The molecule has 1 heterocycles. The van der Waals surface area contributed by atoms with Gasteiger partial charge in [0.05, 0.1) is 0 Å². The second-order valence-electron chi connectivity index (χ2n) is 3.75. The van der Waals surface area contributed by atoms with Crippen molar-refractivity contribution in [1.29, 1.82) is 0 Å². The number of hydrogen-bond donors (Lipinski definition) is 1. The van der Waals surface area contributed by atoms with Crippen molar-refractivity contribution in [3.8, 4) is 0 Å². The van der Waals surface area contributed by atoms with Crippen LogP contribution in [0.1, 0.15) is 17.0 Å². The molecular weight excluding hydrogens is 202 g/mol. The number of benzene rings is 1. The Bertz CT molecular complexity index is 465. The summed E-state index contributed by atoms with van der Waals surface area (Å²) in [5.74, 6) is 0.651. The first-order valence-electron chi connectivity index (χ1n) is 5.34. The Kier molecular flexibility index (Phi) is 3.19. The van der Waals surface area contributed by atoms with Gasteiger partial charge in [-0.05, 0) is 31.4 Å². The van der Waals surface area contributed by atoms with Crippen LogP contribution in [0, 0.1) is 13.8 Å². The number of nitrogens with one attached hydrogen (secondary N) is 1. The predicted molar refractivity (Wildman–Crippen MR) is 62.4 cm³/mol. The Morgan fingerprint density at radius 1 is 1.25 bits per heavy atom. The molecule has 0 aliphatic carbocycles. The lowest BCUT2D eigenvalue weighted by molar-refractivity contribution is 0.425. The van der Waals surface area contributed by atoms with Crippen LogP contribution in [0.2, 0.25) is 0 Å². The molecule has 0 saturated carbocycles. The van der Waals surface area contributed by atoms with E-state index < -0.39 is 0 Å². The van der Waals surface area contributed by atoms with Gasteiger partial charge in [-0.1, -0.05) is 29.4 Å². The Hall–Kier alpha value is -1.84. The fourth-order valence-corrected chi connectivity index (χ4v) is 1.56. The summed E-state index contributed by atoms with van der Waals surface area (Å²) in [5.41, 5.74) is 2.65. The molecule has 4 nitrogen and oxygen atoms in total. The fourth-order valence-electron chi connectivity index (χ4n) is 1.56. The maximum Gasteiger partial charge on any atom is 0.321 e. The third kappa shape index (κ3) is 2.59. The molecule has 0 spiro atoms. The van der Waals surface area contributed by atoms with Gasteiger partial charge >= 0.3 is 6.01 Å². The zero-order chi connectivity index (χ0) is 11.4. The highest BCUT2D eigenvalue weighted by Crippen LogP contribution is 2.08. The monoisotopic (exact) mass is 217 g/mol. The number of anilines is 1. The Morgan fingerprint density at radius 3 is 2.75 bits per heavy atom. The topological polar surface area (TPSA) is 51.0 Å². The van der Waals surface area contributed by atoms with Crippen LogP contribution in [0.15, 0.2) is 28.8 Å². The van der Waals surface area contributed by atoms with Crippen molar-refractivity contribution < 1.29 is 4.52 Å². The Balaban J connectivity index is 1.87. The summed E-state index contributed by atoms with van der Waals surface area (Å²) in [4.78, 5) is 4.08. The first-order valence-corrected chi connectivity index (χ1v) is 5.34. The van der Waals surface area contributed by atoms with E-state index in [0.29, 0.717) is 11.8 Å². The van der Waals surface area contributed by atoms with Crippen molar-refractivity contribution in [3.63, 3.8) is 0 Å². The molecule has 0 unspecified atom stereocenters. The predicted octanol–water partition coefficient (Wildman–Crippen LogP) is 2.34. The maximum absolute atomic E-state index is 4.96. The molecule has 0 saturated heterocycles. The van der Waals surface area contributed by atoms with E-state index in [2.05, 4.69) is 40.6 Å². The molecule has 84 valence electrons. The lowest BCUT2D eigenvalue weighted by Crippen LogP contribution is -2.05. The van der Waals surface area contributed by atoms with Crippen LogP contribution in [-0.2, 0) is 6.42 Å². The van der Waals surface area contributed by atoms with Gasteiger partial charge in [-0.15, -0.1) is 0 Å². The molecule has 0 radical (unpaired) electrons. The summed E-state index contributed by atoms with van der Waals surface area (Å²) in [5, 5.41) is 6.81.